The number of hydrogen-bond donors (Lipinski definition) is 2. The van der Waals surface area contributed by atoms with Crippen LogP contribution in [-0.4, -0.2) is 24.9 Å². The number of nitrogens with one attached hydrogen (secondary N) is 1. The van der Waals surface area contributed by atoms with Crippen LogP contribution in [0.15, 0.2) is 36.4 Å². The molecule has 2 aromatic carbocycles. The Morgan fingerprint density at radius 1 is 1.24 bits per heavy atom. The molecule has 1 atom stereocenters. The van der Waals surface area contributed by atoms with Crippen LogP contribution in [0.25, 0.3) is 0 Å². The van der Waals surface area contributed by atoms with Crippen LogP contribution in [-0.2, 0) is 13.2 Å². The van der Waals surface area contributed by atoms with Gasteiger partial charge in [-0.2, -0.15) is 0 Å². The van der Waals surface area contributed by atoms with E-state index in [-0.39, 0.29) is 25.1 Å². The van der Waals surface area contributed by atoms with Crippen LogP contribution in [0.1, 0.15) is 24.5 Å². The van der Waals surface area contributed by atoms with E-state index in [1.165, 1.54) is 12.1 Å². The van der Waals surface area contributed by atoms with Gasteiger partial charge in [0, 0.05) is 23.7 Å². The summed E-state index contributed by atoms with van der Waals surface area (Å²) in [7, 11) is 1.58. The van der Waals surface area contributed by atoms with Gasteiger partial charge in [0.15, 0.2) is 11.5 Å². The van der Waals surface area contributed by atoms with Crippen LogP contribution in [0.3, 0.4) is 0 Å². The van der Waals surface area contributed by atoms with E-state index in [4.69, 9.17) is 21.1 Å². The van der Waals surface area contributed by atoms with Gasteiger partial charge < -0.3 is 19.9 Å². The third-order valence-electron chi connectivity index (χ3n) is 3.96. The Bertz CT molecular complexity index is 692. The predicted octanol–water partition coefficient (Wildman–Crippen LogP) is 3.93. The van der Waals surface area contributed by atoms with Gasteiger partial charge in [0.1, 0.15) is 12.4 Å². The largest absolute Gasteiger partial charge is 0.493 e. The highest BCUT2D eigenvalue weighted by Gasteiger charge is 2.13. The molecule has 0 amide bonds. The first-order valence-corrected chi connectivity index (χ1v) is 8.53. The van der Waals surface area contributed by atoms with Crippen LogP contribution in [0, 0.1) is 5.82 Å². The number of ether oxygens (including phenoxy) is 2. The summed E-state index contributed by atoms with van der Waals surface area (Å²) in [5.41, 5.74) is 1.60. The quantitative estimate of drug-likeness (QED) is 0.705. The summed E-state index contributed by atoms with van der Waals surface area (Å²) in [4.78, 5) is 0. The molecular weight excluding hydrogens is 345 g/mol. The van der Waals surface area contributed by atoms with Gasteiger partial charge in [-0.25, -0.2) is 4.39 Å². The topological polar surface area (TPSA) is 50.7 Å². The number of halogens is 2. The molecule has 2 rings (SSSR count). The molecule has 0 aliphatic rings. The molecule has 0 bridgehead atoms. The minimum Gasteiger partial charge on any atom is -0.493 e. The number of hydrogen-bond acceptors (Lipinski definition) is 4. The van der Waals surface area contributed by atoms with Gasteiger partial charge in [-0.15, -0.1) is 0 Å². The molecule has 0 saturated carbocycles. The molecule has 0 aliphatic carbocycles. The summed E-state index contributed by atoms with van der Waals surface area (Å²) >= 11 is 6.06. The number of rotatable bonds is 9. The first kappa shape index (κ1) is 19.5. The molecule has 4 nitrogen and oxygen atoms in total. The molecule has 25 heavy (non-hydrogen) atoms. The van der Waals surface area contributed by atoms with Gasteiger partial charge in [-0.1, -0.05) is 36.7 Å². The Morgan fingerprint density at radius 3 is 2.68 bits per heavy atom. The van der Waals surface area contributed by atoms with E-state index in [0.717, 1.165) is 12.0 Å². The van der Waals surface area contributed by atoms with Crippen LogP contribution < -0.4 is 14.8 Å². The van der Waals surface area contributed by atoms with Crippen molar-refractivity contribution in [2.24, 2.45) is 0 Å². The van der Waals surface area contributed by atoms with Crippen molar-refractivity contribution < 1.29 is 19.0 Å². The van der Waals surface area contributed by atoms with Crippen LogP contribution in [0.4, 0.5) is 4.39 Å². The van der Waals surface area contributed by atoms with Gasteiger partial charge in [0.2, 0.25) is 0 Å². The molecule has 2 N–H and O–H groups in total. The zero-order chi connectivity index (χ0) is 18.2. The zero-order valence-electron chi connectivity index (χ0n) is 14.4. The lowest BCUT2D eigenvalue weighted by Crippen LogP contribution is -2.31. The molecule has 0 spiro atoms. The summed E-state index contributed by atoms with van der Waals surface area (Å²) in [6.45, 7) is 2.81. The van der Waals surface area contributed by atoms with Crippen molar-refractivity contribution in [1.29, 1.82) is 0 Å². The lowest BCUT2D eigenvalue weighted by molar-refractivity contribution is 0.236. The number of aliphatic hydroxyl groups is 1. The Kier molecular flexibility index (Phi) is 7.50. The molecule has 2 aromatic rings. The Labute approximate surface area is 152 Å². The van der Waals surface area contributed by atoms with Crippen molar-refractivity contribution in [3.8, 4) is 11.5 Å². The second-order valence-corrected chi connectivity index (χ2v) is 6.05. The van der Waals surface area contributed by atoms with E-state index in [2.05, 4.69) is 5.32 Å². The maximum atomic E-state index is 13.2. The fraction of sp³-hybridized carbons (Fsp3) is 0.368. The SMILES string of the molecule is CC[C@H](CO)NCc1cccc(OC)c1OCc1ccc(F)cc1Cl. The van der Waals surface area contributed by atoms with Crippen LogP contribution in [0.5, 0.6) is 11.5 Å². The number of aliphatic hydroxyl groups excluding tert-OH is 1. The second-order valence-electron chi connectivity index (χ2n) is 5.64. The van der Waals surface area contributed by atoms with Gasteiger partial charge in [0.25, 0.3) is 0 Å². The highest BCUT2D eigenvalue weighted by molar-refractivity contribution is 6.31. The van der Waals surface area contributed by atoms with E-state index in [1.54, 1.807) is 13.2 Å². The van der Waals surface area contributed by atoms with Crippen molar-refractivity contribution in [2.45, 2.75) is 32.5 Å². The smallest absolute Gasteiger partial charge is 0.166 e. The van der Waals surface area contributed by atoms with E-state index in [9.17, 15) is 9.50 Å². The number of para-hydroxylation sites is 1. The van der Waals surface area contributed by atoms with Crippen LogP contribution in [0.2, 0.25) is 5.02 Å². The van der Waals surface area contributed by atoms with Crippen molar-refractivity contribution >= 4 is 11.6 Å². The minimum absolute atomic E-state index is 0.0191. The zero-order valence-corrected chi connectivity index (χ0v) is 15.1. The van der Waals surface area contributed by atoms with Gasteiger partial charge >= 0.3 is 0 Å². The lowest BCUT2D eigenvalue weighted by Gasteiger charge is -2.18. The third kappa shape index (κ3) is 5.33. The Hall–Kier alpha value is -1.82. The molecular formula is C19H23ClFNO3. The van der Waals surface area contributed by atoms with Gasteiger partial charge in [-0.3, -0.25) is 0 Å². The van der Waals surface area contributed by atoms with Crippen LogP contribution >= 0.6 is 11.6 Å². The highest BCUT2D eigenvalue weighted by Crippen LogP contribution is 2.32. The predicted molar refractivity (Wildman–Crippen MR) is 96.7 cm³/mol. The fourth-order valence-electron chi connectivity index (χ4n) is 2.41. The molecule has 0 radical (unpaired) electrons. The van der Waals surface area contributed by atoms with E-state index in [1.807, 2.05) is 25.1 Å². The molecule has 136 valence electrons. The summed E-state index contributed by atoms with van der Waals surface area (Å²) in [5, 5.41) is 12.9. The maximum absolute atomic E-state index is 13.2. The molecule has 0 unspecified atom stereocenters. The Morgan fingerprint density at radius 2 is 2.04 bits per heavy atom. The maximum Gasteiger partial charge on any atom is 0.166 e. The van der Waals surface area contributed by atoms with Gasteiger partial charge in [0.05, 0.1) is 18.7 Å². The van der Waals surface area contributed by atoms with Crippen molar-refractivity contribution in [2.75, 3.05) is 13.7 Å². The summed E-state index contributed by atoms with van der Waals surface area (Å²) in [6, 6.07) is 9.86. The average Bonchev–Trinajstić information content (AvgIpc) is 2.62. The highest BCUT2D eigenvalue weighted by atomic mass is 35.5. The van der Waals surface area contributed by atoms with Gasteiger partial charge in [-0.05, 0) is 24.6 Å². The fourth-order valence-corrected chi connectivity index (χ4v) is 2.63. The minimum atomic E-state index is -0.384. The second kappa shape index (κ2) is 9.61. The molecule has 0 fully saturated rings. The molecule has 0 aromatic heterocycles. The summed E-state index contributed by atoms with van der Waals surface area (Å²) in [5.74, 6) is 0.825. The number of methoxy groups -OCH3 is 1. The molecule has 0 aliphatic heterocycles. The summed E-state index contributed by atoms with van der Waals surface area (Å²) in [6.07, 6.45) is 0.821. The monoisotopic (exact) mass is 367 g/mol. The Balaban J connectivity index is 2.16. The van der Waals surface area contributed by atoms with Crippen molar-refractivity contribution in [3.63, 3.8) is 0 Å². The summed E-state index contributed by atoms with van der Waals surface area (Å²) < 4.78 is 24.5. The van der Waals surface area contributed by atoms with Crippen molar-refractivity contribution in [3.05, 3.63) is 58.4 Å². The first-order valence-electron chi connectivity index (χ1n) is 8.15. The molecule has 6 heteroatoms. The molecule has 0 heterocycles. The standard InChI is InChI=1S/C19H23ClFNO3/c1-3-16(11-23)22-10-13-5-4-6-18(24-2)19(13)25-12-14-7-8-15(21)9-17(14)20/h4-9,16,22-23H,3,10-12H2,1-2H3/t16-/m1/s1. The lowest BCUT2D eigenvalue weighted by atomic mass is 10.1. The molecule has 0 saturated heterocycles. The van der Waals surface area contributed by atoms with E-state index < -0.39 is 0 Å². The van der Waals surface area contributed by atoms with E-state index in [0.29, 0.717) is 28.6 Å². The van der Waals surface area contributed by atoms with E-state index >= 15 is 0 Å². The normalized spacial score (nSPS) is 12.0. The first-order chi connectivity index (χ1) is 12.1. The number of benzene rings is 2. The average molecular weight is 368 g/mol. The van der Waals surface area contributed by atoms with Crippen molar-refractivity contribution in [1.82, 2.24) is 5.32 Å². The third-order valence-corrected chi connectivity index (χ3v) is 4.31.